The van der Waals surface area contributed by atoms with E-state index in [1.165, 1.54) is 11.8 Å². The van der Waals surface area contributed by atoms with Crippen molar-refractivity contribution < 1.29 is 4.79 Å². The number of carbonyl (C=O) groups excluding carboxylic acids is 1. The van der Waals surface area contributed by atoms with Crippen molar-refractivity contribution in [3.63, 3.8) is 0 Å². The number of carbonyl (C=O) groups is 1. The highest BCUT2D eigenvalue weighted by molar-refractivity contribution is 7.99. The molecule has 1 N–H and O–H groups in total. The van der Waals surface area contributed by atoms with Crippen molar-refractivity contribution in [2.24, 2.45) is 0 Å². The van der Waals surface area contributed by atoms with E-state index in [0.29, 0.717) is 11.2 Å². The average molecular weight is 379 g/mol. The number of hydrogen-bond donors (Lipinski definition) is 1. The predicted octanol–water partition coefficient (Wildman–Crippen LogP) is 4.75. The zero-order valence-electron chi connectivity index (χ0n) is 15.4. The molecule has 2 aromatic carbocycles. The van der Waals surface area contributed by atoms with Gasteiger partial charge in [0.15, 0.2) is 5.16 Å². The second kappa shape index (κ2) is 9.19. The Hall–Kier alpha value is -2.86. The molecule has 0 aliphatic carbocycles. The fourth-order valence-electron chi connectivity index (χ4n) is 2.73. The molecular weight excluding hydrogens is 356 g/mol. The Labute approximate surface area is 163 Å². The third kappa shape index (κ3) is 5.31. The van der Waals surface area contributed by atoms with Gasteiger partial charge in [-0.25, -0.2) is 9.97 Å². The van der Waals surface area contributed by atoms with E-state index in [4.69, 9.17) is 0 Å². The first-order chi connectivity index (χ1) is 13.1. The van der Waals surface area contributed by atoms with Crippen LogP contribution in [0.15, 0.2) is 78.2 Å². The summed E-state index contributed by atoms with van der Waals surface area (Å²) in [5.74, 6) is 0.192. The van der Waals surface area contributed by atoms with E-state index >= 15 is 0 Å². The number of hydrogen-bond acceptors (Lipinski definition) is 5. The molecule has 1 aromatic heterocycles. The van der Waals surface area contributed by atoms with Crippen molar-refractivity contribution in [1.29, 1.82) is 0 Å². The molecule has 1 heterocycles. The van der Waals surface area contributed by atoms with E-state index in [-0.39, 0.29) is 11.7 Å². The van der Waals surface area contributed by atoms with Crippen molar-refractivity contribution in [3.8, 4) is 0 Å². The number of anilines is 3. The lowest BCUT2D eigenvalue weighted by atomic mass is 10.2. The smallest absolute Gasteiger partial charge is 0.234 e. The number of amides is 1. The average Bonchev–Trinajstić information content (AvgIpc) is 2.69. The normalized spacial score (nSPS) is 10.6. The molecule has 0 spiro atoms. The Morgan fingerprint density at radius 3 is 2.22 bits per heavy atom. The molecule has 0 aliphatic rings. The zero-order chi connectivity index (χ0) is 19.1. The van der Waals surface area contributed by atoms with Gasteiger partial charge in [-0.2, -0.15) is 0 Å². The van der Waals surface area contributed by atoms with Gasteiger partial charge in [-0.3, -0.25) is 4.79 Å². The maximum atomic E-state index is 12.1. The SMILES string of the molecule is CC(C)N(c1ccccc1)c1ccc(NC(=O)CSc2ncccn2)cc1. The minimum atomic E-state index is -0.0796. The van der Waals surface area contributed by atoms with Gasteiger partial charge < -0.3 is 10.2 Å². The molecule has 0 radical (unpaired) electrons. The van der Waals surface area contributed by atoms with Crippen LogP contribution in [0.25, 0.3) is 0 Å². The van der Waals surface area contributed by atoms with Crippen molar-refractivity contribution in [1.82, 2.24) is 9.97 Å². The molecule has 5 nitrogen and oxygen atoms in total. The van der Waals surface area contributed by atoms with Gasteiger partial charge in [-0.05, 0) is 56.3 Å². The van der Waals surface area contributed by atoms with E-state index in [2.05, 4.69) is 46.2 Å². The van der Waals surface area contributed by atoms with Crippen LogP contribution in [0, 0.1) is 0 Å². The van der Waals surface area contributed by atoms with Gasteiger partial charge >= 0.3 is 0 Å². The molecule has 0 bridgehead atoms. The Morgan fingerprint density at radius 1 is 0.963 bits per heavy atom. The molecule has 0 fully saturated rings. The fraction of sp³-hybridized carbons (Fsp3) is 0.190. The summed E-state index contributed by atoms with van der Waals surface area (Å²) in [6.07, 6.45) is 3.33. The number of rotatable bonds is 7. The lowest BCUT2D eigenvalue weighted by Gasteiger charge is -2.29. The summed E-state index contributed by atoms with van der Waals surface area (Å²) in [5.41, 5.74) is 3.00. The molecule has 3 aromatic rings. The van der Waals surface area contributed by atoms with Crippen LogP contribution < -0.4 is 10.2 Å². The molecule has 0 unspecified atom stereocenters. The number of para-hydroxylation sites is 1. The molecule has 27 heavy (non-hydrogen) atoms. The molecule has 0 saturated heterocycles. The number of nitrogens with zero attached hydrogens (tertiary/aromatic N) is 3. The van der Waals surface area contributed by atoms with Gasteiger partial charge in [0, 0.05) is 35.5 Å². The van der Waals surface area contributed by atoms with E-state index < -0.39 is 0 Å². The highest BCUT2D eigenvalue weighted by Crippen LogP contribution is 2.28. The van der Waals surface area contributed by atoms with Crippen LogP contribution in [0.5, 0.6) is 0 Å². The summed E-state index contributed by atoms with van der Waals surface area (Å²) in [5, 5.41) is 3.51. The van der Waals surface area contributed by atoms with E-state index in [1.54, 1.807) is 18.5 Å². The second-order valence-corrected chi connectivity index (χ2v) is 7.16. The fourth-order valence-corrected chi connectivity index (χ4v) is 3.33. The lowest BCUT2D eigenvalue weighted by Crippen LogP contribution is -2.25. The van der Waals surface area contributed by atoms with Gasteiger partial charge in [0.25, 0.3) is 0 Å². The minimum absolute atomic E-state index is 0.0796. The summed E-state index contributed by atoms with van der Waals surface area (Å²) in [6.45, 7) is 4.32. The third-order valence-electron chi connectivity index (χ3n) is 3.85. The summed E-state index contributed by atoms with van der Waals surface area (Å²) in [7, 11) is 0. The van der Waals surface area contributed by atoms with E-state index in [9.17, 15) is 4.79 Å². The highest BCUT2D eigenvalue weighted by atomic mass is 32.2. The summed E-state index contributed by atoms with van der Waals surface area (Å²) < 4.78 is 0. The molecular formula is C21H22N4OS. The predicted molar refractivity (Wildman–Crippen MR) is 112 cm³/mol. The maximum Gasteiger partial charge on any atom is 0.234 e. The molecule has 0 aliphatic heterocycles. The topological polar surface area (TPSA) is 58.1 Å². The Balaban J connectivity index is 1.63. The summed E-state index contributed by atoms with van der Waals surface area (Å²) in [6, 6.07) is 20.2. The molecule has 1 amide bonds. The zero-order valence-corrected chi connectivity index (χ0v) is 16.2. The van der Waals surface area contributed by atoms with Crippen LogP contribution in [0.1, 0.15) is 13.8 Å². The Bertz CT molecular complexity index is 854. The first kappa shape index (κ1) is 18.9. The first-order valence-electron chi connectivity index (χ1n) is 8.77. The van der Waals surface area contributed by atoms with Gasteiger partial charge in [0.2, 0.25) is 5.91 Å². The van der Waals surface area contributed by atoms with Crippen LogP contribution in [-0.4, -0.2) is 27.7 Å². The second-order valence-electron chi connectivity index (χ2n) is 6.21. The number of benzene rings is 2. The van der Waals surface area contributed by atoms with Gasteiger partial charge in [-0.1, -0.05) is 30.0 Å². The van der Waals surface area contributed by atoms with Crippen molar-refractivity contribution in [3.05, 3.63) is 73.1 Å². The molecule has 6 heteroatoms. The molecule has 138 valence electrons. The lowest BCUT2D eigenvalue weighted by molar-refractivity contribution is -0.113. The standard InChI is InChI=1S/C21H22N4OS/c1-16(2)25(18-7-4-3-5-8-18)19-11-9-17(10-12-19)24-20(26)15-27-21-22-13-6-14-23-21/h3-14,16H,15H2,1-2H3,(H,24,26). The van der Waals surface area contributed by atoms with E-state index in [1.807, 2.05) is 42.5 Å². The molecule has 3 rings (SSSR count). The minimum Gasteiger partial charge on any atom is -0.339 e. The van der Waals surface area contributed by atoms with Crippen molar-refractivity contribution in [2.75, 3.05) is 16.0 Å². The van der Waals surface area contributed by atoms with Crippen LogP contribution in [0.2, 0.25) is 0 Å². The van der Waals surface area contributed by atoms with E-state index in [0.717, 1.165) is 17.1 Å². The van der Waals surface area contributed by atoms with Crippen LogP contribution in [0.4, 0.5) is 17.1 Å². The summed E-state index contributed by atoms with van der Waals surface area (Å²) in [4.78, 5) is 22.6. The van der Waals surface area contributed by atoms with Gasteiger partial charge in [0.1, 0.15) is 0 Å². The Morgan fingerprint density at radius 2 is 1.59 bits per heavy atom. The largest absolute Gasteiger partial charge is 0.339 e. The van der Waals surface area contributed by atoms with Crippen LogP contribution in [0.3, 0.4) is 0 Å². The van der Waals surface area contributed by atoms with Crippen LogP contribution >= 0.6 is 11.8 Å². The van der Waals surface area contributed by atoms with Crippen molar-refractivity contribution in [2.45, 2.75) is 25.0 Å². The highest BCUT2D eigenvalue weighted by Gasteiger charge is 2.13. The quantitative estimate of drug-likeness (QED) is 0.475. The third-order valence-corrected chi connectivity index (χ3v) is 4.73. The number of thioether (sulfide) groups is 1. The van der Waals surface area contributed by atoms with Crippen LogP contribution in [-0.2, 0) is 4.79 Å². The molecule has 0 atom stereocenters. The van der Waals surface area contributed by atoms with Gasteiger partial charge in [-0.15, -0.1) is 0 Å². The monoisotopic (exact) mass is 378 g/mol. The number of nitrogens with one attached hydrogen (secondary N) is 1. The molecule has 0 saturated carbocycles. The van der Waals surface area contributed by atoms with Crippen molar-refractivity contribution >= 4 is 34.7 Å². The Kier molecular flexibility index (Phi) is 6.44. The maximum absolute atomic E-state index is 12.1. The number of aromatic nitrogens is 2. The first-order valence-corrected chi connectivity index (χ1v) is 9.76. The summed E-state index contributed by atoms with van der Waals surface area (Å²) >= 11 is 1.31. The van der Waals surface area contributed by atoms with Gasteiger partial charge in [0.05, 0.1) is 5.75 Å².